The van der Waals surface area contributed by atoms with Crippen molar-refractivity contribution < 1.29 is 35.9 Å². The third kappa shape index (κ3) is 5.78. The molecule has 1 aliphatic rings. The van der Waals surface area contributed by atoms with E-state index in [-0.39, 0.29) is 16.9 Å². The summed E-state index contributed by atoms with van der Waals surface area (Å²) in [5.74, 6) is -1.19. The second-order valence-electron chi connectivity index (χ2n) is 6.74. The average Bonchev–Trinajstić information content (AvgIpc) is 2.72. The number of rotatable bonds is 4. The van der Waals surface area contributed by atoms with Crippen molar-refractivity contribution in [1.82, 2.24) is 0 Å². The van der Waals surface area contributed by atoms with E-state index in [4.69, 9.17) is 4.74 Å². The standard InChI is InChI=1S/C21H18F6N2O2/c22-20(23,24)15-6-7-18(29-8-10-31-11-9-29)17(12-15)28-19(30)13-16(21(25,26)27)14-4-2-1-3-5-14/h1-7,12-13H,8-11H2,(H,28,30)/b16-13-. The highest BCUT2D eigenvalue weighted by molar-refractivity contribution is 6.06. The first-order chi connectivity index (χ1) is 14.6. The molecule has 0 spiro atoms. The fourth-order valence-corrected chi connectivity index (χ4v) is 3.14. The molecule has 0 atom stereocenters. The molecule has 0 aliphatic carbocycles. The van der Waals surface area contributed by atoms with E-state index in [0.717, 1.165) is 6.07 Å². The van der Waals surface area contributed by atoms with Crippen LogP contribution in [-0.4, -0.2) is 38.4 Å². The number of alkyl halides is 6. The lowest BCUT2D eigenvalue weighted by Gasteiger charge is -2.31. The summed E-state index contributed by atoms with van der Waals surface area (Å²) in [5, 5.41) is 2.19. The summed E-state index contributed by atoms with van der Waals surface area (Å²) in [7, 11) is 0. The van der Waals surface area contributed by atoms with Gasteiger partial charge in [0.1, 0.15) is 0 Å². The van der Waals surface area contributed by atoms with Crippen LogP contribution in [0.25, 0.3) is 5.57 Å². The lowest BCUT2D eigenvalue weighted by Crippen LogP contribution is -2.36. The summed E-state index contributed by atoms with van der Waals surface area (Å²) in [6, 6.07) is 9.44. The van der Waals surface area contributed by atoms with Gasteiger partial charge >= 0.3 is 12.4 Å². The Labute approximate surface area is 174 Å². The zero-order chi connectivity index (χ0) is 22.6. The Balaban J connectivity index is 1.97. The molecule has 4 nitrogen and oxygen atoms in total. The Morgan fingerprint density at radius 3 is 2.19 bits per heavy atom. The maximum atomic E-state index is 13.5. The summed E-state index contributed by atoms with van der Waals surface area (Å²) < 4.78 is 85.1. The van der Waals surface area contributed by atoms with Gasteiger partial charge in [-0.3, -0.25) is 4.79 Å². The predicted molar refractivity (Wildman–Crippen MR) is 104 cm³/mol. The lowest BCUT2D eigenvalue weighted by atomic mass is 10.0. The molecule has 0 aromatic heterocycles. The molecule has 1 heterocycles. The number of halogens is 6. The molecular weight excluding hydrogens is 426 g/mol. The molecule has 1 saturated heterocycles. The van der Waals surface area contributed by atoms with E-state index in [2.05, 4.69) is 5.32 Å². The van der Waals surface area contributed by atoms with Crippen molar-refractivity contribution in [2.45, 2.75) is 12.4 Å². The number of nitrogens with zero attached hydrogens (tertiary/aromatic N) is 1. The highest BCUT2D eigenvalue weighted by Gasteiger charge is 2.36. The molecule has 0 unspecified atom stereocenters. The second kappa shape index (κ2) is 9.01. The Morgan fingerprint density at radius 1 is 0.968 bits per heavy atom. The Bertz CT molecular complexity index is 949. The number of ether oxygens (including phenoxy) is 1. The number of anilines is 2. The highest BCUT2D eigenvalue weighted by Crippen LogP contribution is 2.37. The zero-order valence-corrected chi connectivity index (χ0v) is 16.1. The maximum absolute atomic E-state index is 13.5. The minimum atomic E-state index is -4.83. The van der Waals surface area contributed by atoms with Crippen LogP contribution in [0, 0.1) is 0 Å². The summed E-state index contributed by atoms with van der Waals surface area (Å²) in [5.41, 5.74) is -2.42. The zero-order valence-electron chi connectivity index (χ0n) is 16.1. The molecule has 1 N–H and O–H groups in total. The smallest absolute Gasteiger partial charge is 0.378 e. The molecule has 1 aliphatic heterocycles. The SMILES string of the molecule is O=C(/C=C(/c1ccccc1)C(F)(F)F)Nc1cc(C(F)(F)F)ccc1N1CCOCC1. The van der Waals surface area contributed by atoms with Crippen molar-refractivity contribution in [2.75, 3.05) is 36.5 Å². The van der Waals surface area contributed by atoms with Crippen LogP contribution >= 0.6 is 0 Å². The third-order valence-corrected chi connectivity index (χ3v) is 4.60. The molecule has 2 aromatic carbocycles. The van der Waals surface area contributed by atoms with Gasteiger partial charge in [0.15, 0.2) is 0 Å². The molecule has 10 heteroatoms. The Morgan fingerprint density at radius 2 is 1.61 bits per heavy atom. The van der Waals surface area contributed by atoms with Gasteiger partial charge in [0.05, 0.1) is 35.7 Å². The molecule has 1 amide bonds. The fraction of sp³-hybridized carbons (Fsp3) is 0.286. The van der Waals surface area contributed by atoms with E-state index in [1.165, 1.54) is 36.4 Å². The van der Waals surface area contributed by atoms with Gasteiger partial charge in [-0.05, 0) is 23.8 Å². The first-order valence-electron chi connectivity index (χ1n) is 9.25. The van der Waals surface area contributed by atoms with E-state index in [0.29, 0.717) is 38.4 Å². The summed E-state index contributed by atoms with van der Waals surface area (Å²) >= 11 is 0. The van der Waals surface area contributed by atoms with Crippen molar-refractivity contribution in [3.05, 3.63) is 65.7 Å². The molecule has 3 rings (SSSR count). The van der Waals surface area contributed by atoms with E-state index in [1.807, 2.05) is 0 Å². The van der Waals surface area contributed by atoms with Gasteiger partial charge < -0.3 is 15.0 Å². The number of amides is 1. The predicted octanol–water partition coefficient (Wildman–Crippen LogP) is 5.13. The van der Waals surface area contributed by atoms with Gasteiger partial charge in [-0.25, -0.2) is 0 Å². The van der Waals surface area contributed by atoms with Crippen LogP contribution in [0.2, 0.25) is 0 Å². The first kappa shape index (κ1) is 22.7. The quantitative estimate of drug-likeness (QED) is 0.526. The van der Waals surface area contributed by atoms with Gasteiger partial charge in [-0.15, -0.1) is 0 Å². The van der Waals surface area contributed by atoms with Crippen LogP contribution in [0.1, 0.15) is 11.1 Å². The molecule has 0 saturated carbocycles. The molecule has 0 bridgehead atoms. The minimum absolute atomic E-state index is 0.229. The third-order valence-electron chi connectivity index (χ3n) is 4.60. The van der Waals surface area contributed by atoms with E-state index in [9.17, 15) is 31.1 Å². The monoisotopic (exact) mass is 444 g/mol. The molecule has 166 valence electrons. The number of carbonyl (C=O) groups excluding carboxylic acids is 1. The summed E-state index contributed by atoms with van der Waals surface area (Å²) in [6.07, 6.45) is -9.17. The van der Waals surface area contributed by atoms with Crippen LogP contribution in [0.15, 0.2) is 54.6 Å². The first-order valence-corrected chi connectivity index (χ1v) is 9.25. The van der Waals surface area contributed by atoms with Crippen LogP contribution in [0.4, 0.5) is 37.7 Å². The second-order valence-corrected chi connectivity index (χ2v) is 6.74. The number of hydrogen-bond acceptors (Lipinski definition) is 3. The number of allylic oxidation sites excluding steroid dienone is 1. The number of morpholine rings is 1. The maximum Gasteiger partial charge on any atom is 0.417 e. The van der Waals surface area contributed by atoms with Gasteiger partial charge in [0.2, 0.25) is 5.91 Å². The molecular formula is C21H18F6N2O2. The van der Waals surface area contributed by atoms with Crippen molar-refractivity contribution >= 4 is 22.9 Å². The fourth-order valence-electron chi connectivity index (χ4n) is 3.14. The number of hydrogen-bond donors (Lipinski definition) is 1. The lowest BCUT2D eigenvalue weighted by molar-refractivity contribution is -0.137. The molecule has 31 heavy (non-hydrogen) atoms. The van der Waals surface area contributed by atoms with Crippen LogP contribution in [-0.2, 0) is 15.7 Å². The number of carbonyl (C=O) groups is 1. The molecule has 0 radical (unpaired) electrons. The normalized spacial score (nSPS) is 15.7. The summed E-state index contributed by atoms with van der Waals surface area (Å²) in [4.78, 5) is 14.1. The minimum Gasteiger partial charge on any atom is -0.378 e. The van der Waals surface area contributed by atoms with Crippen molar-refractivity contribution in [2.24, 2.45) is 0 Å². The van der Waals surface area contributed by atoms with Gasteiger partial charge in [0.25, 0.3) is 0 Å². The van der Waals surface area contributed by atoms with Crippen LogP contribution < -0.4 is 10.2 Å². The van der Waals surface area contributed by atoms with E-state index >= 15 is 0 Å². The van der Waals surface area contributed by atoms with Gasteiger partial charge in [-0.1, -0.05) is 30.3 Å². The van der Waals surface area contributed by atoms with Crippen LogP contribution in [0.3, 0.4) is 0 Å². The largest absolute Gasteiger partial charge is 0.417 e. The summed E-state index contributed by atoms with van der Waals surface area (Å²) in [6.45, 7) is 1.39. The number of benzene rings is 2. The van der Waals surface area contributed by atoms with E-state index < -0.39 is 29.4 Å². The van der Waals surface area contributed by atoms with E-state index in [1.54, 1.807) is 4.90 Å². The van der Waals surface area contributed by atoms with Gasteiger partial charge in [-0.2, -0.15) is 26.3 Å². The topological polar surface area (TPSA) is 41.6 Å². The Kier molecular flexibility index (Phi) is 6.59. The molecule has 2 aromatic rings. The van der Waals surface area contributed by atoms with Crippen molar-refractivity contribution in [3.8, 4) is 0 Å². The molecule has 1 fully saturated rings. The number of nitrogens with one attached hydrogen (secondary N) is 1. The average molecular weight is 444 g/mol. The van der Waals surface area contributed by atoms with Gasteiger partial charge in [0, 0.05) is 19.2 Å². The highest BCUT2D eigenvalue weighted by atomic mass is 19.4. The van der Waals surface area contributed by atoms with Crippen LogP contribution in [0.5, 0.6) is 0 Å². The van der Waals surface area contributed by atoms with Crippen molar-refractivity contribution in [3.63, 3.8) is 0 Å². The Hall–Kier alpha value is -3.01. The van der Waals surface area contributed by atoms with Crippen molar-refractivity contribution in [1.29, 1.82) is 0 Å².